The van der Waals surface area contributed by atoms with E-state index in [1.54, 1.807) is 12.4 Å². The highest BCUT2D eigenvalue weighted by Crippen LogP contribution is 1.85. The topological polar surface area (TPSA) is 84.0 Å². The maximum absolute atomic E-state index is 11.0. The molecule has 14 heavy (non-hydrogen) atoms. The van der Waals surface area contributed by atoms with Crippen LogP contribution >= 0.6 is 0 Å². The van der Waals surface area contributed by atoms with Gasteiger partial charge in [0.1, 0.15) is 0 Å². The fourth-order valence-electron chi connectivity index (χ4n) is 1.03. The maximum Gasteiger partial charge on any atom is 0.325 e. The first kappa shape index (κ1) is 11.0. The van der Waals surface area contributed by atoms with Gasteiger partial charge in [0.2, 0.25) is 10.0 Å². The summed E-state index contributed by atoms with van der Waals surface area (Å²) in [5.41, 5.74) is -0.177. The number of hydrogen-bond acceptors (Lipinski definition) is 3. The average molecular weight is 219 g/mol. The van der Waals surface area contributed by atoms with Gasteiger partial charge in [0.25, 0.3) is 0 Å². The molecule has 0 aliphatic rings. The van der Waals surface area contributed by atoms with Crippen molar-refractivity contribution in [3.05, 3.63) is 22.9 Å². The van der Waals surface area contributed by atoms with Gasteiger partial charge in [-0.3, -0.25) is 4.57 Å². The van der Waals surface area contributed by atoms with Crippen molar-refractivity contribution in [2.75, 3.05) is 12.8 Å². The molecule has 1 heterocycles. The molecule has 1 rings (SSSR count). The van der Waals surface area contributed by atoms with Gasteiger partial charge in [-0.2, -0.15) is 0 Å². The molecular weight excluding hydrogens is 206 g/mol. The van der Waals surface area contributed by atoms with E-state index in [1.807, 2.05) is 0 Å². The number of sulfonamides is 1. The van der Waals surface area contributed by atoms with Gasteiger partial charge in [-0.25, -0.2) is 17.9 Å². The van der Waals surface area contributed by atoms with Gasteiger partial charge in [0.15, 0.2) is 0 Å². The normalized spacial score (nSPS) is 11.8. The molecule has 0 aromatic carbocycles. The third-order valence-electron chi connectivity index (χ3n) is 1.66. The van der Waals surface area contributed by atoms with E-state index in [2.05, 4.69) is 9.71 Å². The highest BCUT2D eigenvalue weighted by Gasteiger charge is 1.99. The van der Waals surface area contributed by atoms with Gasteiger partial charge in [-0.05, 0) is 6.42 Å². The highest BCUT2D eigenvalue weighted by atomic mass is 32.2. The second-order valence-corrected chi connectivity index (χ2v) is 4.81. The number of hydrogen-bond donors (Lipinski definition) is 2. The first-order valence-corrected chi connectivity index (χ1v) is 6.06. The summed E-state index contributed by atoms with van der Waals surface area (Å²) in [6, 6.07) is 0. The number of imidazole rings is 1. The molecule has 1 aromatic heterocycles. The lowest BCUT2D eigenvalue weighted by Gasteiger charge is -2.02. The lowest BCUT2D eigenvalue weighted by atomic mass is 10.4. The quantitative estimate of drug-likeness (QED) is 0.630. The van der Waals surface area contributed by atoms with E-state index in [1.165, 1.54) is 4.57 Å². The number of aromatic nitrogens is 2. The summed E-state index contributed by atoms with van der Waals surface area (Å²) in [6.07, 6.45) is 4.87. The Morgan fingerprint density at radius 1 is 1.57 bits per heavy atom. The molecule has 0 amide bonds. The lowest BCUT2D eigenvalue weighted by Crippen LogP contribution is -2.25. The minimum absolute atomic E-state index is 0.177. The highest BCUT2D eigenvalue weighted by molar-refractivity contribution is 7.88. The molecule has 0 bridgehead atoms. The third kappa shape index (κ3) is 3.75. The lowest BCUT2D eigenvalue weighted by molar-refractivity contribution is 0.572. The van der Waals surface area contributed by atoms with Gasteiger partial charge < -0.3 is 4.98 Å². The number of aromatic amines is 1. The van der Waals surface area contributed by atoms with E-state index in [0.717, 1.165) is 6.26 Å². The zero-order valence-corrected chi connectivity index (χ0v) is 8.67. The van der Waals surface area contributed by atoms with Gasteiger partial charge in [-0.1, -0.05) is 0 Å². The first-order chi connectivity index (χ1) is 6.49. The van der Waals surface area contributed by atoms with Crippen LogP contribution in [0.15, 0.2) is 17.2 Å². The van der Waals surface area contributed by atoms with E-state index < -0.39 is 10.0 Å². The van der Waals surface area contributed by atoms with Crippen LogP contribution in [0.25, 0.3) is 0 Å². The molecule has 0 saturated carbocycles. The monoisotopic (exact) mass is 219 g/mol. The molecule has 0 unspecified atom stereocenters. The fraction of sp³-hybridized carbons (Fsp3) is 0.571. The Balaban J connectivity index is 2.30. The predicted molar refractivity (Wildman–Crippen MR) is 52.5 cm³/mol. The Bertz CT molecular complexity index is 431. The van der Waals surface area contributed by atoms with E-state index in [-0.39, 0.29) is 5.69 Å². The van der Waals surface area contributed by atoms with Gasteiger partial charge in [-0.15, -0.1) is 0 Å². The number of aryl methyl sites for hydroxylation is 1. The van der Waals surface area contributed by atoms with Crippen LogP contribution in [0.3, 0.4) is 0 Å². The summed E-state index contributed by atoms with van der Waals surface area (Å²) >= 11 is 0. The van der Waals surface area contributed by atoms with E-state index in [9.17, 15) is 13.2 Å². The molecule has 6 nitrogen and oxygen atoms in total. The largest absolute Gasteiger partial charge is 0.325 e. The van der Waals surface area contributed by atoms with Crippen molar-refractivity contribution in [3.8, 4) is 0 Å². The van der Waals surface area contributed by atoms with Crippen LogP contribution in [0.5, 0.6) is 0 Å². The standard InChI is InChI=1S/C7H13N3O3S/c1-14(12,13)9-3-2-5-10-6-4-8-7(10)11/h4,6,9H,2-3,5H2,1H3,(H,8,11). The van der Waals surface area contributed by atoms with Crippen molar-refractivity contribution >= 4 is 10.0 Å². The summed E-state index contributed by atoms with van der Waals surface area (Å²) in [6.45, 7) is 0.849. The van der Waals surface area contributed by atoms with Crippen molar-refractivity contribution in [2.24, 2.45) is 0 Å². The van der Waals surface area contributed by atoms with Crippen molar-refractivity contribution in [3.63, 3.8) is 0 Å². The Kier molecular flexibility index (Phi) is 3.48. The molecule has 2 N–H and O–H groups in total. The van der Waals surface area contributed by atoms with E-state index in [4.69, 9.17) is 0 Å². The maximum atomic E-state index is 11.0. The van der Waals surface area contributed by atoms with E-state index in [0.29, 0.717) is 19.5 Å². The molecule has 0 fully saturated rings. The molecular formula is C7H13N3O3S. The first-order valence-electron chi connectivity index (χ1n) is 4.17. The van der Waals surface area contributed by atoms with Gasteiger partial charge in [0, 0.05) is 25.5 Å². The van der Waals surface area contributed by atoms with Crippen LogP contribution in [0, 0.1) is 0 Å². The molecule has 80 valence electrons. The molecule has 0 radical (unpaired) electrons. The van der Waals surface area contributed by atoms with Crippen molar-refractivity contribution in [1.82, 2.24) is 14.3 Å². The van der Waals surface area contributed by atoms with Crippen molar-refractivity contribution in [1.29, 1.82) is 0 Å². The van der Waals surface area contributed by atoms with Crippen LogP contribution in [-0.4, -0.2) is 30.8 Å². The SMILES string of the molecule is CS(=O)(=O)NCCCn1cc[nH]c1=O. The summed E-state index contributed by atoms with van der Waals surface area (Å²) < 4.78 is 25.2. The van der Waals surface area contributed by atoms with Gasteiger partial charge in [0.05, 0.1) is 6.26 Å². The molecule has 0 atom stereocenters. The minimum Gasteiger partial charge on any atom is -0.313 e. The van der Waals surface area contributed by atoms with Crippen molar-refractivity contribution < 1.29 is 8.42 Å². The minimum atomic E-state index is -3.12. The summed E-state index contributed by atoms with van der Waals surface area (Å²) in [7, 11) is -3.12. The predicted octanol–water partition coefficient (Wildman–Crippen LogP) is -0.884. The van der Waals surface area contributed by atoms with Crippen LogP contribution in [0.1, 0.15) is 6.42 Å². The summed E-state index contributed by atoms with van der Waals surface area (Å²) in [5, 5.41) is 0. The number of rotatable bonds is 5. The van der Waals surface area contributed by atoms with Crippen LogP contribution in [0.2, 0.25) is 0 Å². The molecule has 0 spiro atoms. The van der Waals surface area contributed by atoms with Gasteiger partial charge >= 0.3 is 5.69 Å². The van der Waals surface area contributed by atoms with E-state index >= 15 is 0 Å². The average Bonchev–Trinajstić information content (AvgIpc) is 2.44. The Morgan fingerprint density at radius 3 is 2.79 bits per heavy atom. The Labute approximate surface area is 82.0 Å². The zero-order valence-electron chi connectivity index (χ0n) is 7.86. The molecule has 0 aliphatic heterocycles. The number of H-pyrrole nitrogens is 1. The molecule has 7 heteroatoms. The van der Waals surface area contributed by atoms with Crippen molar-refractivity contribution in [2.45, 2.75) is 13.0 Å². The molecule has 0 saturated heterocycles. The van der Waals surface area contributed by atoms with Crippen LogP contribution in [0.4, 0.5) is 0 Å². The zero-order chi connectivity index (χ0) is 10.6. The van der Waals surface area contributed by atoms with Crippen LogP contribution < -0.4 is 10.4 Å². The fourth-order valence-corrected chi connectivity index (χ4v) is 1.55. The second kappa shape index (κ2) is 4.43. The smallest absolute Gasteiger partial charge is 0.313 e. The number of nitrogens with zero attached hydrogens (tertiary/aromatic N) is 1. The Morgan fingerprint density at radius 2 is 2.29 bits per heavy atom. The molecule has 0 aliphatic carbocycles. The summed E-state index contributed by atoms with van der Waals surface area (Å²) in [4.78, 5) is 13.5. The third-order valence-corrected chi connectivity index (χ3v) is 2.39. The number of nitrogens with one attached hydrogen (secondary N) is 2. The van der Waals surface area contributed by atoms with Crippen LogP contribution in [-0.2, 0) is 16.6 Å². The second-order valence-electron chi connectivity index (χ2n) is 2.98. The summed E-state index contributed by atoms with van der Waals surface area (Å²) in [5.74, 6) is 0. The Hall–Kier alpha value is -1.08. The molecule has 1 aromatic rings.